The molecule has 0 aromatic heterocycles. The molecule has 1 unspecified atom stereocenters. The lowest BCUT2D eigenvalue weighted by Gasteiger charge is -2.17. The zero-order valence-corrected chi connectivity index (χ0v) is 14.3. The lowest BCUT2D eigenvalue weighted by molar-refractivity contribution is -0.0555. The molecule has 2 aliphatic heterocycles. The Morgan fingerprint density at radius 1 is 0.929 bits per heavy atom. The first kappa shape index (κ1) is 18.0. The Kier molecular flexibility index (Phi) is 3.93. The number of aliphatic hydroxyl groups excluding tert-OH is 3. The van der Waals surface area contributed by atoms with Crippen LogP contribution in [0.1, 0.15) is 49.3 Å². The summed E-state index contributed by atoms with van der Waals surface area (Å²) in [6, 6.07) is 1.24. The molecule has 2 aromatic rings. The molecule has 2 aliphatic rings. The Balaban J connectivity index is 2.10. The number of esters is 2. The maximum absolute atomic E-state index is 12.7. The summed E-state index contributed by atoms with van der Waals surface area (Å²) in [6.45, 7) is -0.0201. The van der Waals surface area contributed by atoms with Gasteiger partial charge in [0.1, 0.15) is 22.6 Å². The summed E-state index contributed by atoms with van der Waals surface area (Å²) in [5, 5.41) is 49.8. The van der Waals surface area contributed by atoms with Crippen molar-refractivity contribution in [3.05, 3.63) is 39.4 Å². The van der Waals surface area contributed by atoms with Crippen LogP contribution >= 0.6 is 0 Å². The maximum Gasteiger partial charge on any atom is 0.347 e. The summed E-state index contributed by atoms with van der Waals surface area (Å²) in [6.07, 6.45) is -1.83. The zero-order valence-electron chi connectivity index (χ0n) is 14.3. The number of rotatable bonds is 2. The summed E-state index contributed by atoms with van der Waals surface area (Å²) in [5.41, 5.74) is -1.06. The van der Waals surface area contributed by atoms with Gasteiger partial charge in [0.05, 0.1) is 29.9 Å². The van der Waals surface area contributed by atoms with Crippen LogP contribution in [-0.2, 0) is 18.0 Å². The molecule has 0 aliphatic carbocycles. The second-order valence-electron chi connectivity index (χ2n) is 6.23. The van der Waals surface area contributed by atoms with Gasteiger partial charge in [-0.25, -0.2) is 9.59 Å². The zero-order chi connectivity index (χ0) is 20.3. The van der Waals surface area contributed by atoms with Gasteiger partial charge in [0.2, 0.25) is 6.29 Å². The highest BCUT2D eigenvalue weighted by molar-refractivity contribution is 6.02. The van der Waals surface area contributed by atoms with Gasteiger partial charge in [-0.1, -0.05) is 0 Å². The van der Waals surface area contributed by atoms with Gasteiger partial charge in [0.15, 0.2) is 17.2 Å². The average molecular weight is 390 g/mol. The minimum absolute atomic E-state index is 0.116. The number of carbonyl (C=O) groups is 2. The van der Waals surface area contributed by atoms with E-state index in [1.165, 1.54) is 13.0 Å². The number of phenols is 2. The van der Waals surface area contributed by atoms with Crippen LogP contribution in [0.5, 0.6) is 28.7 Å². The lowest BCUT2D eigenvalue weighted by Crippen LogP contribution is -2.11. The predicted molar refractivity (Wildman–Crippen MR) is 88.2 cm³/mol. The van der Waals surface area contributed by atoms with Crippen molar-refractivity contribution in [1.82, 2.24) is 0 Å². The minimum atomic E-state index is -1.83. The van der Waals surface area contributed by atoms with Gasteiger partial charge in [0, 0.05) is 0 Å². The number of aromatic hydroxyl groups is 2. The van der Waals surface area contributed by atoms with E-state index in [2.05, 4.69) is 0 Å². The van der Waals surface area contributed by atoms with E-state index >= 15 is 0 Å². The SMILES string of the molecule is Cc1cc(O)c(CO)c2c1C(=O)Oc1c(CO)c(O)c3c(c1O2)C(O)OC3=O. The highest BCUT2D eigenvalue weighted by Crippen LogP contribution is 2.54. The number of benzene rings is 2. The van der Waals surface area contributed by atoms with Crippen LogP contribution in [0.15, 0.2) is 6.07 Å². The Bertz CT molecular complexity index is 1060. The normalized spacial score (nSPS) is 17.1. The number of hydrogen-bond acceptors (Lipinski definition) is 10. The molecule has 2 heterocycles. The van der Waals surface area contributed by atoms with Crippen molar-refractivity contribution in [2.75, 3.05) is 0 Å². The van der Waals surface area contributed by atoms with E-state index in [9.17, 15) is 35.1 Å². The minimum Gasteiger partial charge on any atom is -0.507 e. The van der Waals surface area contributed by atoms with E-state index in [1.54, 1.807) is 0 Å². The third-order valence-electron chi connectivity index (χ3n) is 4.66. The monoisotopic (exact) mass is 390 g/mol. The largest absolute Gasteiger partial charge is 0.507 e. The van der Waals surface area contributed by atoms with Crippen molar-refractivity contribution in [3.63, 3.8) is 0 Å². The predicted octanol–water partition coefficient (Wildman–Crippen LogP) is 0.877. The fourth-order valence-corrected chi connectivity index (χ4v) is 3.35. The van der Waals surface area contributed by atoms with E-state index in [-0.39, 0.29) is 45.1 Å². The summed E-state index contributed by atoms with van der Waals surface area (Å²) < 4.78 is 15.7. The Morgan fingerprint density at radius 2 is 1.61 bits per heavy atom. The van der Waals surface area contributed by atoms with Crippen molar-refractivity contribution in [2.45, 2.75) is 26.4 Å². The highest BCUT2D eigenvalue weighted by atomic mass is 16.6. The van der Waals surface area contributed by atoms with Crippen molar-refractivity contribution in [2.24, 2.45) is 0 Å². The Labute approximate surface area is 156 Å². The maximum atomic E-state index is 12.7. The Morgan fingerprint density at radius 3 is 2.25 bits per heavy atom. The molecule has 0 spiro atoms. The smallest absolute Gasteiger partial charge is 0.347 e. The molecule has 4 rings (SSSR count). The van der Waals surface area contributed by atoms with E-state index in [4.69, 9.17) is 14.2 Å². The molecular formula is C18H14O10. The van der Waals surface area contributed by atoms with Gasteiger partial charge in [-0.15, -0.1) is 0 Å². The van der Waals surface area contributed by atoms with Gasteiger partial charge >= 0.3 is 11.9 Å². The first-order valence-electron chi connectivity index (χ1n) is 8.08. The third kappa shape index (κ3) is 2.26. The third-order valence-corrected chi connectivity index (χ3v) is 4.66. The number of hydrogen-bond donors (Lipinski definition) is 5. The molecule has 1 atom stereocenters. The molecule has 10 nitrogen and oxygen atoms in total. The molecule has 146 valence electrons. The topological polar surface area (TPSA) is 163 Å². The van der Waals surface area contributed by atoms with Gasteiger partial charge in [-0.3, -0.25) is 0 Å². The molecule has 10 heteroatoms. The molecule has 0 saturated heterocycles. The molecule has 28 heavy (non-hydrogen) atoms. The number of cyclic esters (lactones) is 1. The second-order valence-corrected chi connectivity index (χ2v) is 6.23. The Hall–Kier alpha value is -3.34. The van der Waals surface area contributed by atoms with Crippen LogP contribution in [-0.4, -0.2) is 37.5 Å². The summed E-state index contributed by atoms with van der Waals surface area (Å²) >= 11 is 0. The van der Waals surface area contributed by atoms with Crippen LogP contribution in [0.3, 0.4) is 0 Å². The molecule has 0 radical (unpaired) electrons. The lowest BCUT2D eigenvalue weighted by atomic mass is 10.0. The molecule has 0 amide bonds. The first-order valence-corrected chi connectivity index (χ1v) is 8.08. The molecular weight excluding hydrogens is 376 g/mol. The van der Waals surface area contributed by atoms with Gasteiger partial charge in [0.25, 0.3) is 0 Å². The van der Waals surface area contributed by atoms with E-state index in [0.29, 0.717) is 0 Å². The number of ether oxygens (including phenoxy) is 3. The van der Waals surface area contributed by atoms with Crippen molar-refractivity contribution >= 4 is 11.9 Å². The van der Waals surface area contributed by atoms with Crippen molar-refractivity contribution < 1.29 is 49.3 Å². The molecule has 0 saturated carbocycles. The average Bonchev–Trinajstić information content (AvgIpc) is 2.83. The number of aryl methyl sites for hydroxylation is 1. The first-order chi connectivity index (χ1) is 13.3. The van der Waals surface area contributed by atoms with Crippen molar-refractivity contribution in [3.8, 4) is 28.7 Å². The number of aliphatic hydroxyl groups is 3. The van der Waals surface area contributed by atoms with Crippen LogP contribution in [0, 0.1) is 6.92 Å². The molecule has 5 N–H and O–H groups in total. The van der Waals surface area contributed by atoms with E-state index < -0.39 is 48.5 Å². The second kappa shape index (κ2) is 6.09. The quantitative estimate of drug-likeness (QED) is 0.367. The van der Waals surface area contributed by atoms with E-state index in [1.807, 2.05) is 0 Å². The number of fused-ring (bicyclic) bond motifs is 4. The van der Waals surface area contributed by atoms with Gasteiger partial charge in [-0.05, 0) is 18.6 Å². The van der Waals surface area contributed by atoms with Crippen LogP contribution in [0.4, 0.5) is 0 Å². The fourth-order valence-electron chi connectivity index (χ4n) is 3.35. The van der Waals surface area contributed by atoms with Crippen molar-refractivity contribution in [1.29, 1.82) is 0 Å². The molecule has 2 aromatic carbocycles. The van der Waals surface area contributed by atoms with Gasteiger partial charge < -0.3 is 39.7 Å². The van der Waals surface area contributed by atoms with Crippen LogP contribution < -0.4 is 9.47 Å². The standard InChI is InChI=1S/C18H14O10/c1-5-2-8(21)6(3-19)13-9(5)16(23)27-14-7(4-20)12(22)10-11(15(14)26-13)18(25)28-17(10)24/h2,18-22,25H,3-4H2,1H3. The summed E-state index contributed by atoms with van der Waals surface area (Å²) in [5.74, 6) is -4.10. The molecule has 0 bridgehead atoms. The summed E-state index contributed by atoms with van der Waals surface area (Å²) in [4.78, 5) is 24.7. The van der Waals surface area contributed by atoms with E-state index in [0.717, 1.165) is 0 Å². The fraction of sp³-hybridized carbons (Fsp3) is 0.222. The van der Waals surface area contributed by atoms with Crippen LogP contribution in [0.25, 0.3) is 0 Å². The van der Waals surface area contributed by atoms with Crippen LogP contribution in [0.2, 0.25) is 0 Å². The highest BCUT2D eigenvalue weighted by Gasteiger charge is 2.43. The van der Waals surface area contributed by atoms with Gasteiger partial charge in [-0.2, -0.15) is 0 Å². The number of carbonyl (C=O) groups excluding carboxylic acids is 2. The molecule has 0 fully saturated rings. The summed E-state index contributed by atoms with van der Waals surface area (Å²) in [7, 11) is 0.